The smallest absolute Gasteiger partial charge is 0.193 e. The zero-order valence-corrected chi connectivity index (χ0v) is 18.1. The van der Waals surface area contributed by atoms with Crippen molar-refractivity contribution in [3.63, 3.8) is 0 Å². The van der Waals surface area contributed by atoms with Gasteiger partial charge in [-0.3, -0.25) is 4.99 Å². The molecule has 2 rings (SSSR count). The summed E-state index contributed by atoms with van der Waals surface area (Å²) in [5.74, 6) is 2.92. The standard InChI is InChI=1S/C22H37N3OS/c1-4-22(5-2,13-15-26)18-24-21(23-6-3)25-14-12-19(16-25)17-27-20-10-8-7-9-11-20/h7-11,19,26H,4-6,12-18H2,1-3H3,(H,23,24). The molecule has 0 saturated carbocycles. The number of thioether (sulfide) groups is 1. The lowest BCUT2D eigenvalue weighted by Crippen LogP contribution is -2.41. The molecule has 5 heteroatoms. The third kappa shape index (κ3) is 6.72. The van der Waals surface area contributed by atoms with Crippen molar-refractivity contribution in [2.24, 2.45) is 16.3 Å². The zero-order chi connectivity index (χ0) is 19.5. The Kier molecular flexibility index (Phi) is 9.49. The van der Waals surface area contributed by atoms with Gasteiger partial charge in [0.25, 0.3) is 0 Å². The van der Waals surface area contributed by atoms with Gasteiger partial charge in [-0.15, -0.1) is 11.8 Å². The fraction of sp³-hybridized carbons (Fsp3) is 0.682. The maximum atomic E-state index is 9.46. The molecular formula is C22H37N3OS. The Morgan fingerprint density at radius 1 is 1.26 bits per heavy atom. The van der Waals surface area contributed by atoms with E-state index in [4.69, 9.17) is 4.99 Å². The number of aliphatic hydroxyl groups is 1. The maximum absolute atomic E-state index is 9.46. The highest BCUT2D eigenvalue weighted by atomic mass is 32.2. The van der Waals surface area contributed by atoms with Crippen molar-refractivity contribution >= 4 is 17.7 Å². The van der Waals surface area contributed by atoms with E-state index in [0.29, 0.717) is 5.92 Å². The highest BCUT2D eigenvalue weighted by Gasteiger charge is 2.28. The average molecular weight is 392 g/mol. The first kappa shape index (κ1) is 22.1. The van der Waals surface area contributed by atoms with Crippen molar-refractivity contribution in [1.82, 2.24) is 10.2 Å². The molecule has 0 aromatic heterocycles. The van der Waals surface area contributed by atoms with Crippen LogP contribution in [0.25, 0.3) is 0 Å². The number of nitrogens with zero attached hydrogens (tertiary/aromatic N) is 2. The molecule has 1 unspecified atom stereocenters. The topological polar surface area (TPSA) is 47.9 Å². The highest BCUT2D eigenvalue weighted by Crippen LogP contribution is 2.31. The molecule has 0 spiro atoms. The van der Waals surface area contributed by atoms with E-state index in [1.165, 1.54) is 11.3 Å². The van der Waals surface area contributed by atoms with Crippen molar-refractivity contribution < 1.29 is 5.11 Å². The minimum atomic E-state index is 0.123. The Hall–Kier alpha value is -1.20. The van der Waals surface area contributed by atoms with Gasteiger partial charge in [0.2, 0.25) is 0 Å². The molecule has 4 nitrogen and oxygen atoms in total. The van der Waals surface area contributed by atoms with Gasteiger partial charge in [-0.05, 0) is 56.1 Å². The number of aliphatic hydroxyl groups excluding tert-OH is 1. The molecule has 0 bridgehead atoms. The van der Waals surface area contributed by atoms with Crippen LogP contribution in [0.3, 0.4) is 0 Å². The third-order valence-corrected chi connectivity index (χ3v) is 7.10. The number of aliphatic imine (C=N–C) groups is 1. The van der Waals surface area contributed by atoms with Gasteiger partial charge in [0.05, 0.1) is 0 Å². The SMILES string of the molecule is CCNC(=NCC(CC)(CC)CCO)N1CCC(CSc2ccccc2)C1. The van der Waals surface area contributed by atoms with Gasteiger partial charge in [-0.25, -0.2) is 0 Å². The Morgan fingerprint density at radius 3 is 2.63 bits per heavy atom. The highest BCUT2D eigenvalue weighted by molar-refractivity contribution is 7.99. The number of hydrogen-bond donors (Lipinski definition) is 2. The number of rotatable bonds is 10. The summed E-state index contributed by atoms with van der Waals surface area (Å²) in [6, 6.07) is 10.7. The fourth-order valence-corrected chi connectivity index (χ4v) is 4.75. The lowest BCUT2D eigenvalue weighted by Gasteiger charge is -2.30. The molecule has 1 aliphatic rings. The van der Waals surface area contributed by atoms with Crippen molar-refractivity contribution in [2.75, 3.05) is 38.5 Å². The second-order valence-electron chi connectivity index (χ2n) is 7.58. The fourth-order valence-electron chi connectivity index (χ4n) is 3.70. The van der Waals surface area contributed by atoms with Gasteiger partial charge in [0.15, 0.2) is 5.96 Å². The minimum Gasteiger partial charge on any atom is -0.396 e. The molecule has 1 saturated heterocycles. The van der Waals surface area contributed by atoms with Gasteiger partial charge in [-0.2, -0.15) is 0 Å². The summed E-state index contributed by atoms with van der Waals surface area (Å²) in [7, 11) is 0. The van der Waals surface area contributed by atoms with Crippen LogP contribution >= 0.6 is 11.8 Å². The van der Waals surface area contributed by atoms with E-state index in [0.717, 1.165) is 57.2 Å². The number of nitrogens with one attached hydrogen (secondary N) is 1. The van der Waals surface area contributed by atoms with E-state index >= 15 is 0 Å². The van der Waals surface area contributed by atoms with Crippen LogP contribution in [0, 0.1) is 11.3 Å². The molecule has 1 aromatic carbocycles. The predicted molar refractivity (Wildman–Crippen MR) is 118 cm³/mol. The number of guanidine groups is 1. The van der Waals surface area contributed by atoms with E-state index < -0.39 is 0 Å². The molecule has 1 aliphatic heterocycles. The molecule has 0 aliphatic carbocycles. The molecule has 1 fully saturated rings. The summed E-state index contributed by atoms with van der Waals surface area (Å²) < 4.78 is 0. The molecule has 1 aromatic rings. The van der Waals surface area contributed by atoms with E-state index in [1.54, 1.807) is 0 Å². The van der Waals surface area contributed by atoms with Gasteiger partial charge >= 0.3 is 0 Å². The normalized spacial score (nSPS) is 18.1. The van der Waals surface area contributed by atoms with Crippen LogP contribution in [-0.2, 0) is 0 Å². The second-order valence-corrected chi connectivity index (χ2v) is 8.67. The molecule has 152 valence electrons. The summed E-state index contributed by atoms with van der Waals surface area (Å²) in [6.45, 7) is 10.7. The van der Waals surface area contributed by atoms with Crippen molar-refractivity contribution in [3.8, 4) is 0 Å². The summed E-state index contributed by atoms with van der Waals surface area (Å²) in [4.78, 5) is 8.78. The molecule has 27 heavy (non-hydrogen) atoms. The summed E-state index contributed by atoms with van der Waals surface area (Å²) >= 11 is 1.96. The van der Waals surface area contributed by atoms with Gasteiger partial charge in [0, 0.05) is 43.4 Å². The molecule has 0 radical (unpaired) electrons. The lowest BCUT2D eigenvalue weighted by molar-refractivity contribution is 0.175. The predicted octanol–water partition coefficient (Wildman–Crippen LogP) is 4.25. The van der Waals surface area contributed by atoms with Crippen LogP contribution in [0.2, 0.25) is 0 Å². The van der Waals surface area contributed by atoms with Crippen molar-refractivity contribution in [2.45, 2.75) is 51.3 Å². The summed E-state index contributed by atoms with van der Waals surface area (Å²) in [6.07, 6.45) is 4.18. The van der Waals surface area contributed by atoms with E-state index in [-0.39, 0.29) is 12.0 Å². The third-order valence-electron chi connectivity index (χ3n) is 5.86. The van der Waals surface area contributed by atoms with Crippen molar-refractivity contribution in [1.29, 1.82) is 0 Å². The molecule has 1 heterocycles. The number of likely N-dealkylation sites (tertiary alicyclic amines) is 1. The largest absolute Gasteiger partial charge is 0.396 e. The van der Waals surface area contributed by atoms with Crippen LogP contribution in [0.1, 0.15) is 46.5 Å². The van der Waals surface area contributed by atoms with Crippen LogP contribution < -0.4 is 5.32 Å². The molecule has 1 atom stereocenters. The van der Waals surface area contributed by atoms with E-state index in [9.17, 15) is 5.11 Å². The summed E-state index contributed by atoms with van der Waals surface area (Å²) in [5.41, 5.74) is 0.123. The van der Waals surface area contributed by atoms with Crippen molar-refractivity contribution in [3.05, 3.63) is 30.3 Å². The van der Waals surface area contributed by atoms with Crippen LogP contribution in [0.4, 0.5) is 0 Å². The first-order valence-electron chi connectivity index (χ1n) is 10.5. The van der Waals surface area contributed by atoms with E-state index in [2.05, 4.69) is 61.3 Å². The Bertz CT molecular complexity index is 560. The molecule has 0 amide bonds. The zero-order valence-electron chi connectivity index (χ0n) is 17.3. The number of benzene rings is 1. The monoisotopic (exact) mass is 391 g/mol. The number of hydrogen-bond acceptors (Lipinski definition) is 3. The Balaban J connectivity index is 1.93. The van der Waals surface area contributed by atoms with Crippen LogP contribution in [-0.4, -0.2) is 54.5 Å². The van der Waals surface area contributed by atoms with Gasteiger partial charge < -0.3 is 15.3 Å². The molecule has 2 N–H and O–H groups in total. The Labute approximate surface area is 169 Å². The van der Waals surface area contributed by atoms with Gasteiger partial charge in [-0.1, -0.05) is 32.0 Å². The second kappa shape index (κ2) is 11.6. The summed E-state index contributed by atoms with van der Waals surface area (Å²) in [5, 5.41) is 12.9. The minimum absolute atomic E-state index is 0.123. The average Bonchev–Trinajstić information content (AvgIpc) is 3.18. The van der Waals surface area contributed by atoms with Crippen LogP contribution in [0.5, 0.6) is 0 Å². The maximum Gasteiger partial charge on any atom is 0.193 e. The lowest BCUT2D eigenvalue weighted by atomic mass is 9.79. The first-order chi connectivity index (χ1) is 13.2. The van der Waals surface area contributed by atoms with E-state index in [1.807, 2.05) is 11.8 Å². The van der Waals surface area contributed by atoms with Crippen LogP contribution in [0.15, 0.2) is 40.2 Å². The quantitative estimate of drug-likeness (QED) is 0.355. The van der Waals surface area contributed by atoms with Gasteiger partial charge in [0.1, 0.15) is 0 Å². The molecular weight excluding hydrogens is 354 g/mol. The Morgan fingerprint density at radius 2 is 2.00 bits per heavy atom. The first-order valence-corrected chi connectivity index (χ1v) is 11.5.